The SMILES string of the molecule is COc1cccc(CN(C(=O)CCCN(c2ccccc2F)S(C)(=O)=O)[C@H](C)C(=O)NC(C)C)c1. The molecule has 1 atom stereocenters. The van der Waals surface area contributed by atoms with Crippen molar-refractivity contribution in [2.75, 3.05) is 24.2 Å². The van der Waals surface area contributed by atoms with Crippen LogP contribution in [0.25, 0.3) is 0 Å². The number of methoxy groups -OCH3 is 1. The van der Waals surface area contributed by atoms with Crippen LogP contribution in [0.4, 0.5) is 10.1 Å². The largest absolute Gasteiger partial charge is 0.497 e. The van der Waals surface area contributed by atoms with Crippen molar-refractivity contribution in [1.82, 2.24) is 10.2 Å². The third-order valence-corrected chi connectivity index (χ3v) is 6.54. The number of hydrogen-bond acceptors (Lipinski definition) is 5. The predicted octanol–water partition coefficient (Wildman–Crippen LogP) is 3.32. The minimum Gasteiger partial charge on any atom is -0.497 e. The first-order valence-electron chi connectivity index (χ1n) is 11.4. The van der Waals surface area contributed by atoms with Crippen LogP contribution < -0.4 is 14.4 Å². The molecule has 10 heteroatoms. The number of rotatable bonds is 12. The third kappa shape index (κ3) is 8.24. The molecule has 0 unspecified atom stereocenters. The number of amides is 2. The first kappa shape index (κ1) is 28.1. The zero-order valence-corrected chi connectivity index (χ0v) is 21.6. The van der Waals surface area contributed by atoms with Gasteiger partial charge in [0.15, 0.2) is 0 Å². The fraction of sp³-hybridized carbons (Fsp3) is 0.440. The summed E-state index contributed by atoms with van der Waals surface area (Å²) in [7, 11) is -2.22. The van der Waals surface area contributed by atoms with Crippen LogP contribution in [0.3, 0.4) is 0 Å². The molecule has 1 N–H and O–H groups in total. The van der Waals surface area contributed by atoms with Gasteiger partial charge in [0.1, 0.15) is 17.6 Å². The van der Waals surface area contributed by atoms with Gasteiger partial charge >= 0.3 is 0 Å². The van der Waals surface area contributed by atoms with Crippen LogP contribution in [0.2, 0.25) is 0 Å². The summed E-state index contributed by atoms with van der Waals surface area (Å²) in [5.41, 5.74) is 0.714. The van der Waals surface area contributed by atoms with Gasteiger partial charge in [-0.05, 0) is 57.0 Å². The molecular formula is C25H34FN3O5S. The molecule has 2 amide bonds. The molecule has 2 aromatic carbocycles. The Hall–Kier alpha value is -3.14. The Morgan fingerprint density at radius 2 is 1.77 bits per heavy atom. The topological polar surface area (TPSA) is 96.0 Å². The second-order valence-electron chi connectivity index (χ2n) is 8.60. The van der Waals surface area contributed by atoms with E-state index in [2.05, 4.69) is 5.32 Å². The van der Waals surface area contributed by atoms with E-state index in [1.807, 2.05) is 19.9 Å². The molecule has 0 saturated heterocycles. The lowest BCUT2D eigenvalue weighted by Gasteiger charge is -2.30. The van der Waals surface area contributed by atoms with E-state index >= 15 is 0 Å². The highest BCUT2D eigenvalue weighted by Crippen LogP contribution is 2.22. The fourth-order valence-electron chi connectivity index (χ4n) is 3.59. The van der Waals surface area contributed by atoms with Crippen molar-refractivity contribution in [3.8, 4) is 5.75 Å². The van der Waals surface area contributed by atoms with Gasteiger partial charge in [0, 0.05) is 25.6 Å². The quantitative estimate of drug-likeness (QED) is 0.476. The third-order valence-electron chi connectivity index (χ3n) is 5.36. The number of halogens is 1. The zero-order chi connectivity index (χ0) is 26.2. The van der Waals surface area contributed by atoms with Crippen LogP contribution in [0.1, 0.15) is 39.2 Å². The molecule has 192 valence electrons. The molecule has 0 aromatic heterocycles. The monoisotopic (exact) mass is 507 g/mol. The average molecular weight is 508 g/mol. The first-order chi connectivity index (χ1) is 16.4. The molecule has 0 spiro atoms. The van der Waals surface area contributed by atoms with E-state index in [0.29, 0.717) is 5.75 Å². The molecule has 0 heterocycles. The lowest BCUT2D eigenvalue weighted by atomic mass is 10.1. The smallest absolute Gasteiger partial charge is 0.242 e. The van der Waals surface area contributed by atoms with Gasteiger partial charge in [0.05, 0.1) is 19.1 Å². The lowest BCUT2D eigenvalue weighted by Crippen LogP contribution is -2.49. The summed E-state index contributed by atoms with van der Waals surface area (Å²) in [5.74, 6) is -0.646. The van der Waals surface area contributed by atoms with Gasteiger partial charge in [-0.2, -0.15) is 0 Å². The minimum absolute atomic E-state index is 0.0241. The highest BCUT2D eigenvalue weighted by atomic mass is 32.2. The van der Waals surface area contributed by atoms with Gasteiger partial charge in [-0.25, -0.2) is 12.8 Å². The molecular weight excluding hydrogens is 473 g/mol. The van der Waals surface area contributed by atoms with Crippen LogP contribution >= 0.6 is 0 Å². The molecule has 35 heavy (non-hydrogen) atoms. The number of nitrogens with zero attached hydrogens (tertiary/aromatic N) is 2. The van der Waals surface area contributed by atoms with Crippen molar-refractivity contribution in [1.29, 1.82) is 0 Å². The number of carbonyl (C=O) groups excluding carboxylic acids is 2. The summed E-state index contributed by atoms with van der Waals surface area (Å²) in [6.45, 7) is 5.41. The molecule has 0 bridgehead atoms. The lowest BCUT2D eigenvalue weighted by molar-refractivity contribution is -0.140. The van der Waals surface area contributed by atoms with Gasteiger partial charge < -0.3 is 15.0 Å². The van der Waals surface area contributed by atoms with Crippen LogP contribution in [0.15, 0.2) is 48.5 Å². The van der Waals surface area contributed by atoms with E-state index in [4.69, 9.17) is 4.74 Å². The molecule has 2 rings (SSSR count). The Kier molecular flexibility index (Phi) is 10.1. The van der Waals surface area contributed by atoms with Crippen LogP contribution in [0, 0.1) is 5.82 Å². The molecule has 0 saturated carbocycles. The predicted molar refractivity (Wildman–Crippen MR) is 134 cm³/mol. The second-order valence-corrected chi connectivity index (χ2v) is 10.5. The Bertz CT molecular complexity index is 1120. The number of nitrogens with one attached hydrogen (secondary N) is 1. The average Bonchev–Trinajstić information content (AvgIpc) is 2.79. The maximum Gasteiger partial charge on any atom is 0.242 e. The maximum atomic E-state index is 14.3. The Morgan fingerprint density at radius 3 is 2.37 bits per heavy atom. The van der Waals surface area contributed by atoms with Crippen LogP contribution in [-0.4, -0.2) is 57.1 Å². The van der Waals surface area contributed by atoms with Crippen molar-refractivity contribution < 1.29 is 27.1 Å². The Balaban J connectivity index is 2.20. The number of sulfonamides is 1. The van der Waals surface area contributed by atoms with Crippen molar-refractivity contribution >= 4 is 27.5 Å². The van der Waals surface area contributed by atoms with E-state index < -0.39 is 21.9 Å². The Morgan fingerprint density at radius 1 is 1.09 bits per heavy atom. The Labute approximate surface area is 207 Å². The highest BCUT2D eigenvalue weighted by Gasteiger charge is 2.27. The standard InChI is InChI=1S/C25H34FN3O5S/c1-18(2)27-25(31)19(3)28(17-20-10-8-11-21(16-20)34-4)24(30)14-9-15-29(35(5,32)33)23-13-7-6-12-22(23)26/h6-8,10-13,16,18-19H,9,14-15,17H2,1-5H3,(H,27,31)/t19-/m1/s1. The van der Waals surface area contributed by atoms with Gasteiger partial charge in [-0.1, -0.05) is 24.3 Å². The van der Waals surface area contributed by atoms with Crippen molar-refractivity contribution in [3.05, 3.63) is 59.9 Å². The molecule has 0 aliphatic rings. The molecule has 8 nitrogen and oxygen atoms in total. The van der Waals surface area contributed by atoms with Gasteiger partial charge in [0.25, 0.3) is 0 Å². The summed E-state index contributed by atoms with van der Waals surface area (Å²) < 4.78 is 45.1. The van der Waals surface area contributed by atoms with Gasteiger partial charge in [-0.3, -0.25) is 13.9 Å². The first-order valence-corrected chi connectivity index (χ1v) is 13.2. The van der Waals surface area contributed by atoms with Crippen molar-refractivity contribution in [2.45, 2.75) is 52.2 Å². The summed E-state index contributed by atoms with van der Waals surface area (Å²) >= 11 is 0. The van der Waals surface area contributed by atoms with Crippen LogP contribution in [0.5, 0.6) is 5.75 Å². The van der Waals surface area contributed by atoms with E-state index in [1.165, 1.54) is 23.1 Å². The number of anilines is 1. The maximum absolute atomic E-state index is 14.3. The molecule has 0 fully saturated rings. The van der Waals surface area contributed by atoms with Crippen LogP contribution in [-0.2, 0) is 26.2 Å². The number of carbonyl (C=O) groups is 2. The summed E-state index contributed by atoms with van der Waals surface area (Å²) in [5, 5.41) is 2.82. The van der Waals surface area contributed by atoms with Gasteiger partial charge in [0.2, 0.25) is 21.8 Å². The van der Waals surface area contributed by atoms with E-state index in [9.17, 15) is 22.4 Å². The summed E-state index contributed by atoms with van der Waals surface area (Å²) in [6.07, 6.45) is 1.12. The normalized spacial score (nSPS) is 12.2. The van der Waals surface area contributed by atoms with Crippen molar-refractivity contribution in [3.63, 3.8) is 0 Å². The molecule has 2 aromatic rings. The number of ether oxygens (including phenoxy) is 1. The number of benzene rings is 2. The number of hydrogen-bond donors (Lipinski definition) is 1. The highest BCUT2D eigenvalue weighted by molar-refractivity contribution is 7.92. The zero-order valence-electron chi connectivity index (χ0n) is 20.8. The fourth-order valence-corrected chi connectivity index (χ4v) is 4.56. The molecule has 0 radical (unpaired) electrons. The van der Waals surface area contributed by atoms with E-state index in [-0.39, 0.29) is 49.5 Å². The molecule has 0 aliphatic heterocycles. The molecule has 0 aliphatic carbocycles. The summed E-state index contributed by atoms with van der Waals surface area (Å²) in [6, 6.07) is 11.9. The second kappa shape index (κ2) is 12.5. The van der Waals surface area contributed by atoms with E-state index in [0.717, 1.165) is 16.1 Å². The summed E-state index contributed by atoms with van der Waals surface area (Å²) in [4.78, 5) is 27.4. The van der Waals surface area contributed by atoms with Crippen molar-refractivity contribution in [2.24, 2.45) is 0 Å². The van der Waals surface area contributed by atoms with Gasteiger partial charge in [-0.15, -0.1) is 0 Å². The van der Waals surface area contributed by atoms with E-state index in [1.54, 1.807) is 38.3 Å². The number of para-hydroxylation sites is 1. The minimum atomic E-state index is -3.77.